The molecule has 0 N–H and O–H groups in total. The molecule has 0 aliphatic heterocycles. The summed E-state index contributed by atoms with van der Waals surface area (Å²) in [6.07, 6.45) is 13.8. The van der Waals surface area contributed by atoms with E-state index in [0.29, 0.717) is 0 Å². The van der Waals surface area contributed by atoms with Gasteiger partial charge in [-0.2, -0.15) is 0 Å². The van der Waals surface area contributed by atoms with Gasteiger partial charge < -0.3 is 0 Å². The Bertz CT molecular complexity index is 146. The Morgan fingerprint density at radius 2 is 1.77 bits per heavy atom. The molecule has 76 valence electrons. The highest BCUT2D eigenvalue weighted by molar-refractivity contribution is 4.83. The SMILES string of the molecule is CCCCC1CCCC1CC1CC1. The van der Waals surface area contributed by atoms with Gasteiger partial charge in [-0.15, -0.1) is 0 Å². The van der Waals surface area contributed by atoms with Gasteiger partial charge in [0, 0.05) is 0 Å². The van der Waals surface area contributed by atoms with Crippen LogP contribution in [0, 0.1) is 17.8 Å². The molecule has 0 aromatic heterocycles. The standard InChI is InChI=1S/C13H24/c1-2-3-5-12-6-4-7-13(12)10-11-8-9-11/h11-13H,2-10H2,1H3. The van der Waals surface area contributed by atoms with Crippen molar-refractivity contribution in [1.82, 2.24) is 0 Å². The monoisotopic (exact) mass is 180 g/mol. The van der Waals surface area contributed by atoms with Gasteiger partial charge in [0.15, 0.2) is 0 Å². The van der Waals surface area contributed by atoms with Crippen LogP contribution in [0.3, 0.4) is 0 Å². The highest BCUT2D eigenvalue weighted by Crippen LogP contribution is 2.44. The van der Waals surface area contributed by atoms with Gasteiger partial charge in [0.05, 0.1) is 0 Å². The summed E-state index contributed by atoms with van der Waals surface area (Å²) < 4.78 is 0. The summed E-state index contributed by atoms with van der Waals surface area (Å²) in [7, 11) is 0. The summed E-state index contributed by atoms with van der Waals surface area (Å²) in [6, 6.07) is 0. The van der Waals surface area contributed by atoms with Crippen LogP contribution in [0.25, 0.3) is 0 Å². The molecule has 2 fully saturated rings. The van der Waals surface area contributed by atoms with Gasteiger partial charge in [0.25, 0.3) is 0 Å². The molecule has 0 nitrogen and oxygen atoms in total. The summed E-state index contributed by atoms with van der Waals surface area (Å²) in [4.78, 5) is 0. The zero-order valence-electron chi connectivity index (χ0n) is 9.10. The fourth-order valence-electron chi connectivity index (χ4n) is 3.05. The summed E-state index contributed by atoms with van der Waals surface area (Å²) in [6.45, 7) is 2.32. The van der Waals surface area contributed by atoms with Crippen LogP contribution in [0.2, 0.25) is 0 Å². The molecule has 0 aromatic carbocycles. The van der Waals surface area contributed by atoms with Crippen molar-refractivity contribution in [2.75, 3.05) is 0 Å². The summed E-state index contributed by atoms with van der Waals surface area (Å²) >= 11 is 0. The van der Waals surface area contributed by atoms with Crippen LogP contribution < -0.4 is 0 Å². The van der Waals surface area contributed by atoms with Crippen LogP contribution in [0.15, 0.2) is 0 Å². The van der Waals surface area contributed by atoms with Crippen molar-refractivity contribution in [3.63, 3.8) is 0 Å². The lowest BCUT2D eigenvalue weighted by molar-refractivity contribution is 0.323. The second kappa shape index (κ2) is 4.48. The van der Waals surface area contributed by atoms with E-state index in [4.69, 9.17) is 0 Å². The minimum Gasteiger partial charge on any atom is -0.0654 e. The molecule has 2 unspecified atom stereocenters. The zero-order chi connectivity index (χ0) is 9.10. The second-order valence-electron chi connectivity index (χ2n) is 5.27. The lowest BCUT2D eigenvalue weighted by atomic mass is 9.87. The third-order valence-electron chi connectivity index (χ3n) is 4.08. The molecule has 0 heterocycles. The van der Waals surface area contributed by atoms with Crippen molar-refractivity contribution >= 4 is 0 Å². The van der Waals surface area contributed by atoms with Gasteiger partial charge in [0.1, 0.15) is 0 Å². The Balaban J connectivity index is 1.72. The van der Waals surface area contributed by atoms with Gasteiger partial charge in [-0.25, -0.2) is 0 Å². The van der Waals surface area contributed by atoms with E-state index in [1.165, 1.54) is 25.7 Å². The third kappa shape index (κ3) is 2.72. The van der Waals surface area contributed by atoms with Crippen molar-refractivity contribution in [2.45, 2.75) is 64.7 Å². The fourth-order valence-corrected chi connectivity index (χ4v) is 3.05. The molecule has 2 atom stereocenters. The molecule has 0 heteroatoms. The molecule has 0 spiro atoms. The average molecular weight is 180 g/mol. The molecule has 2 rings (SSSR count). The Morgan fingerprint density at radius 1 is 1.00 bits per heavy atom. The van der Waals surface area contributed by atoms with E-state index in [1.807, 2.05) is 0 Å². The Hall–Kier alpha value is 0. The van der Waals surface area contributed by atoms with Crippen LogP contribution in [0.4, 0.5) is 0 Å². The topological polar surface area (TPSA) is 0 Å². The minimum absolute atomic E-state index is 1.13. The lowest BCUT2D eigenvalue weighted by Gasteiger charge is -2.18. The van der Waals surface area contributed by atoms with Gasteiger partial charge in [0.2, 0.25) is 0 Å². The number of unbranched alkanes of at least 4 members (excludes halogenated alkanes) is 1. The first-order valence-electron chi connectivity index (χ1n) is 6.40. The first kappa shape index (κ1) is 9.55. The van der Waals surface area contributed by atoms with Crippen LogP contribution in [-0.4, -0.2) is 0 Å². The van der Waals surface area contributed by atoms with E-state index < -0.39 is 0 Å². The molecule has 2 aliphatic carbocycles. The zero-order valence-corrected chi connectivity index (χ0v) is 9.10. The summed E-state index contributed by atoms with van der Waals surface area (Å²) in [5, 5.41) is 0. The van der Waals surface area contributed by atoms with E-state index in [-0.39, 0.29) is 0 Å². The Morgan fingerprint density at radius 3 is 2.46 bits per heavy atom. The van der Waals surface area contributed by atoms with E-state index in [1.54, 1.807) is 32.1 Å². The smallest absolute Gasteiger partial charge is 0.0383 e. The average Bonchev–Trinajstić information content (AvgIpc) is 2.82. The molecule has 2 saturated carbocycles. The Labute approximate surface area is 83.1 Å². The summed E-state index contributed by atoms with van der Waals surface area (Å²) in [5.74, 6) is 3.42. The van der Waals surface area contributed by atoms with E-state index in [0.717, 1.165) is 17.8 Å². The van der Waals surface area contributed by atoms with Crippen molar-refractivity contribution in [2.24, 2.45) is 17.8 Å². The van der Waals surface area contributed by atoms with Gasteiger partial charge in [-0.3, -0.25) is 0 Å². The van der Waals surface area contributed by atoms with Crippen molar-refractivity contribution in [3.05, 3.63) is 0 Å². The Kier molecular flexibility index (Phi) is 3.29. The second-order valence-corrected chi connectivity index (χ2v) is 5.27. The molecule has 13 heavy (non-hydrogen) atoms. The van der Waals surface area contributed by atoms with Crippen molar-refractivity contribution in [1.29, 1.82) is 0 Å². The third-order valence-corrected chi connectivity index (χ3v) is 4.08. The van der Waals surface area contributed by atoms with Crippen LogP contribution in [-0.2, 0) is 0 Å². The largest absolute Gasteiger partial charge is 0.0654 e. The highest BCUT2D eigenvalue weighted by Gasteiger charge is 2.32. The first-order valence-corrected chi connectivity index (χ1v) is 6.40. The van der Waals surface area contributed by atoms with Crippen LogP contribution in [0.1, 0.15) is 64.7 Å². The molecular weight excluding hydrogens is 156 g/mol. The van der Waals surface area contributed by atoms with E-state index in [9.17, 15) is 0 Å². The maximum Gasteiger partial charge on any atom is -0.0383 e. The molecule has 0 amide bonds. The fraction of sp³-hybridized carbons (Fsp3) is 1.00. The van der Waals surface area contributed by atoms with Gasteiger partial charge in [-0.05, 0) is 24.2 Å². The number of hydrogen-bond acceptors (Lipinski definition) is 0. The van der Waals surface area contributed by atoms with E-state index >= 15 is 0 Å². The quantitative estimate of drug-likeness (QED) is 0.588. The normalized spacial score (nSPS) is 33.9. The molecule has 0 aromatic rings. The van der Waals surface area contributed by atoms with Crippen molar-refractivity contribution in [3.8, 4) is 0 Å². The maximum atomic E-state index is 2.32. The lowest BCUT2D eigenvalue weighted by Crippen LogP contribution is -2.08. The first-order chi connectivity index (χ1) is 6.40. The predicted molar refractivity (Wildman–Crippen MR) is 57.7 cm³/mol. The number of rotatable bonds is 5. The van der Waals surface area contributed by atoms with Crippen LogP contribution >= 0.6 is 0 Å². The maximum absolute atomic E-state index is 2.32. The highest BCUT2D eigenvalue weighted by atomic mass is 14.4. The minimum atomic E-state index is 1.13. The van der Waals surface area contributed by atoms with Crippen molar-refractivity contribution < 1.29 is 0 Å². The van der Waals surface area contributed by atoms with E-state index in [2.05, 4.69) is 6.92 Å². The molecular formula is C13H24. The molecule has 2 aliphatic rings. The van der Waals surface area contributed by atoms with Gasteiger partial charge >= 0.3 is 0 Å². The molecule has 0 saturated heterocycles. The van der Waals surface area contributed by atoms with Crippen LogP contribution in [0.5, 0.6) is 0 Å². The molecule has 0 radical (unpaired) electrons. The molecule has 0 bridgehead atoms. The summed E-state index contributed by atoms with van der Waals surface area (Å²) in [5.41, 5.74) is 0. The van der Waals surface area contributed by atoms with Gasteiger partial charge in [-0.1, -0.05) is 58.3 Å². The predicted octanol–water partition coefficient (Wildman–Crippen LogP) is 4.39. The number of hydrogen-bond donors (Lipinski definition) is 0.